The summed E-state index contributed by atoms with van der Waals surface area (Å²) in [5, 5.41) is 0. The quantitative estimate of drug-likeness (QED) is 0.674. The molecule has 0 amide bonds. The van der Waals surface area contributed by atoms with Gasteiger partial charge in [0, 0.05) is 10.5 Å². The fourth-order valence-electron chi connectivity index (χ4n) is 1.54. The van der Waals surface area contributed by atoms with Crippen LogP contribution in [0, 0.1) is 5.82 Å². The van der Waals surface area contributed by atoms with Crippen molar-refractivity contribution in [2.75, 3.05) is 12.0 Å². The molecule has 2 rings (SSSR count). The topological polar surface area (TPSA) is 35.2 Å². The SMILES string of the molecule is CSc1ccc(OCc2cccc(N)c2F)cc1. The number of anilines is 1. The maximum atomic E-state index is 13.6. The number of ether oxygens (including phenoxy) is 1. The molecule has 0 atom stereocenters. The van der Waals surface area contributed by atoms with Crippen LogP contribution in [0.4, 0.5) is 10.1 Å². The second kappa shape index (κ2) is 5.78. The molecule has 0 fully saturated rings. The average Bonchev–Trinajstić information content (AvgIpc) is 2.41. The van der Waals surface area contributed by atoms with Gasteiger partial charge in [-0.2, -0.15) is 0 Å². The van der Waals surface area contributed by atoms with Gasteiger partial charge < -0.3 is 10.5 Å². The van der Waals surface area contributed by atoms with Gasteiger partial charge in [-0.05, 0) is 36.6 Å². The molecule has 0 bridgehead atoms. The molecule has 0 saturated carbocycles. The largest absolute Gasteiger partial charge is 0.489 e. The lowest BCUT2D eigenvalue weighted by Gasteiger charge is -2.08. The number of nitrogens with two attached hydrogens (primary N) is 1. The van der Waals surface area contributed by atoms with Crippen molar-refractivity contribution >= 4 is 17.4 Å². The van der Waals surface area contributed by atoms with E-state index >= 15 is 0 Å². The minimum Gasteiger partial charge on any atom is -0.489 e. The summed E-state index contributed by atoms with van der Waals surface area (Å²) in [5.41, 5.74) is 6.10. The first-order chi connectivity index (χ1) is 8.70. The third-order valence-electron chi connectivity index (χ3n) is 2.56. The molecule has 0 radical (unpaired) electrons. The molecule has 2 N–H and O–H groups in total. The third-order valence-corrected chi connectivity index (χ3v) is 3.31. The Bertz CT molecular complexity index is 528. The van der Waals surface area contributed by atoms with E-state index in [1.807, 2.05) is 30.5 Å². The molecule has 4 heteroatoms. The predicted octanol–water partition coefficient (Wildman–Crippen LogP) is 3.71. The summed E-state index contributed by atoms with van der Waals surface area (Å²) in [6.07, 6.45) is 2.01. The van der Waals surface area contributed by atoms with E-state index in [-0.39, 0.29) is 12.3 Å². The smallest absolute Gasteiger partial charge is 0.152 e. The van der Waals surface area contributed by atoms with Crippen LogP contribution < -0.4 is 10.5 Å². The van der Waals surface area contributed by atoms with Crippen LogP contribution in [0.25, 0.3) is 0 Å². The van der Waals surface area contributed by atoms with Crippen LogP contribution in [0.2, 0.25) is 0 Å². The minimum absolute atomic E-state index is 0.147. The molecule has 0 aliphatic carbocycles. The Morgan fingerprint density at radius 1 is 1.17 bits per heavy atom. The molecule has 0 aliphatic heterocycles. The van der Waals surface area contributed by atoms with Gasteiger partial charge >= 0.3 is 0 Å². The van der Waals surface area contributed by atoms with E-state index in [9.17, 15) is 4.39 Å². The zero-order valence-corrected chi connectivity index (χ0v) is 10.8. The van der Waals surface area contributed by atoms with Crippen LogP contribution in [-0.2, 0) is 6.61 Å². The Balaban J connectivity index is 2.04. The molecule has 0 aromatic heterocycles. The highest BCUT2D eigenvalue weighted by molar-refractivity contribution is 7.98. The molecule has 94 valence electrons. The summed E-state index contributed by atoms with van der Waals surface area (Å²) >= 11 is 1.66. The average molecular weight is 263 g/mol. The van der Waals surface area contributed by atoms with Gasteiger partial charge in [-0.3, -0.25) is 0 Å². The second-order valence-electron chi connectivity index (χ2n) is 3.78. The summed E-state index contributed by atoms with van der Waals surface area (Å²) in [6.45, 7) is 0.176. The lowest BCUT2D eigenvalue weighted by atomic mass is 10.2. The van der Waals surface area contributed by atoms with E-state index in [0.29, 0.717) is 5.56 Å². The summed E-state index contributed by atoms with van der Waals surface area (Å²) in [7, 11) is 0. The van der Waals surface area contributed by atoms with Crippen LogP contribution in [0.15, 0.2) is 47.4 Å². The fourth-order valence-corrected chi connectivity index (χ4v) is 1.95. The number of thioether (sulfide) groups is 1. The van der Waals surface area contributed by atoms with Crippen molar-refractivity contribution in [2.24, 2.45) is 0 Å². The zero-order valence-electron chi connectivity index (χ0n) is 10.0. The number of hydrogen-bond donors (Lipinski definition) is 1. The van der Waals surface area contributed by atoms with Crippen LogP contribution >= 0.6 is 11.8 Å². The first-order valence-electron chi connectivity index (χ1n) is 5.50. The van der Waals surface area contributed by atoms with Gasteiger partial charge in [0.2, 0.25) is 0 Å². The van der Waals surface area contributed by atoms with Crippen molar-refractivity contribution in [3.05, 3.63) is 53.8 Å². The molecular weight excluding hydrogens is 249 g/mol. The molecule has 2 nitrogen and oxygen atoms in total. The molecule has 18 heavy (non-hydrogen) atoms. The Morgan fingerprint density at radius 3 is 2.56 bits per heavy atom. The number of rotatable bonds is 4. The van der Waals surface area contributed by atoms with Crippen molar-refractivity contribution in [1.29, 1.82) is 0 Å². The first kappa shape index (κ1) is 12.8. The molecule has 2 aromatic rings. The Morgan fingerprint density at radius 2 is 1.89 bits per heavy atom. The summed E-state index contributed by atoms with van der Waals surface area (Å²) in [5.74, 6) is 0.313. The highest BCUT2D eigenvalue weighted by Gasteiger charge is 2.05. The van der Waals surface area contributed by atoms with E-state index in [1.165, 1.54) is 6.07 Å². The van der Waals surface area contributed by atoms with E-state index in [1.54, 1.807) is 23.9 Å². The zero-order chi connectivity index (χ0) is 13.0. The Labute approximate surface area is 110 Å². The molecule has 0 heterocycles. The molecule has 2 aromatic carbocycles. The standard InChI is InChI=1S/C14H14FNOS/c1-18-12-7-5-11(6-8-12)17-9-10-3-2-4-13(16)14(10)15/h2-8H,9,16H2,1H3. The maximum Gasteiger partial charge on any atom is 0.152 e. The summed E-state index contributed by atoms with van der Waals surface area (Å²) in [4.78, 5) is 1.16. The summed E-state index contributed by atoms with van der Waals surface area (Å²) in [6, 6.07) is 12.6. The van der Waals surface area contributed by atoms with Gasteiger partial charge in [0.15, 0.2) is 5.82 Å². The number of nitrogen functional groups attached to an aromatic ring is 1. The number of benzene rings is 2. The molecule has 0 spiro atoms. The van der Waals surface area contributed by atoms with Crippen LogP contribution in [-0.4, -0.2) is 6.26 Å². The van der Waals surface area contributed by atoms with E-state index in [4.69, 9.17) is 10.5 Å². The first-order valence-corrected chi connectivity index (χ1v) is 6.73. The van der Waals surface area contributed by atoms with Gasteiger partial charge in [0.25, 0.3) is 0 Å². The monoisotopic (exact) mass is 263 g/mol. The lowest BCUT2D eigenvalue weighted by molar-refractivity contribution is 0.300. The Hall–Kier alpha value is -1.68. The maximum absolute atomic E-state index is 13.6. The minimum atomic E-state index is -0.404. The number of halogens is 1. The third kappa shape index (κ3) is 2.96. The van der Waals surface area contributed by atoms with Gasteiger partial charge in [0.1, 0.15) is 12.4 Å². The van der Waals surface area contributed by atoms with E-state index < -0.39 is 5.82 Å². The van der Waals surface area contributed by atoms with Crippen LogP contribution in [0.1, 0.15) is 5.56 Å². The molecule has 0 unspecified atom stereocenters. The van der Waals surface area contributed by atoms with Crippen molar-refractivity contribution in [2.45, 2.75) is 11.5 Å². The van der Waals surface area contributed by atoms with Gasteiger partial charge in [-0.15, -0.1) is 11.8 Å². The molecule has 0 aliphatic rings. The Kier molecular flexibility index (Phi) is 4.10. The van der Waals surface area contributed by atoms with E-state index in [2.05, 4.69) is 0 Å². The van der Waals surface area contributed by atoms with Crippen molar-refractivity contribution < 1.29 is 9.13 Å². The molecular formula is C14H14FNOS. The van der Waals surface area contributed by atoms with Crippen molar-refractivity contribution in [3.63, 3.8) is 0 Å². The van der Waals surface area contributed by atoms with Gasteiger partial charge in [-0.1, -0.05) is 12.1 Å². The van der Waals surface area contributed by atoms with Crippen LogP contribution in [0.3, 0.4) is 0 Å². The van der Waals surface area contributed by atoms with Crippen molar-refractivity contribution in [3.8, 4) is 5.75 Å². The van der Waals surface area contributed by atoms with E-state index in [0.717, 1.165) is 10.6 Å². The highest BCUT2D eigenvalue weighted by atomic mass is 32.2. The highest BCUT2D eigenvalue weighted by Crippen LogP contribution is 2.21. The lowest BCUT2D eigenvalue weighted by Crippen LogP contribution is -2.01. The fraction of sp³-hybridized carbons (Fsp3) is 0.143. The normalized spacial score (nSPS) is 10.3. The number of hydrogen-bond acceptors (Lipinski definition) is 3. The van der Waals surface area contributed by atoms with Crippen LogP contribution in [0.5, 0.6) is 5.75 Å². The predicted molar refractivity (Wildman–Crippen MR) is 73.4 cm³/mol. The second-order valence-corrected chi connectivity index (χ2v) is 4.66. The van der Waals surface area contributed by atoms with Gasteiger partial charge in [-0.25, -0.2) is 4.39 Å². The molecule has 0 saturated heterocycles. The summed E-state index contributed by atoms with van der Waals surface area (Å²) < 4.78 is 19.1. The van der Waals surface area contributed by atoms with Gasteiger partial charge in [0.05, 0.1) is 5.69 Å². The van der Waals surface area contributed by atoms with Crippen molar-refractivity contribution in [1.82, 2.24) is 0 Å².